The highest BCUT2D eigenvalue weighted by molar-refractivity contribution is 5.85. The minimum absolute atomic E-state index is 0.144. The van der Waals surface area contributed by atoms with E-state index in [1.807, 2.05) is 31.2 Å². The summed E-state index contributed by atoms with van der Waals surface area (Å²) in [5, 5.41) is 8.53. The molecule has 4 heteroatoms. The molecule has 1 N–H and O–H groups in total. The van der Waals surface area contributed by atoms with Crippen molar-refractivity contribution in [1.82, 2.24) is 0 Å². The van der Waals surface area contributed by atoms with Crippen molar-refractivity contribution in [3.63, 3.8) is 0 Å². The third-order valence-corrected chi connectivity index (χ3v) is 3.02. The molecule has 0 fully saturated rings. The normalized spacial score (nSPS) is 10.8. The zero-order valence-corrected chi connectivity index (χ0v) is 11.5. The maximum absolute atomic E-state index is 13.9. The lowest BCUT2D eigenvalue weighted by atomic mass is 10.1. The van der Waals surface area contributed by atoms with Gasteiger partial charge in [-0.25, -0.2) is 9.18 Å². The second-order valence-corrected chi connectivity index (χ2v) is 4.58. The van der Waals surface area contributed by atoms with Crippen LogP contribution in [0.4, 0.5) is 4.39 Å². The van der Waals surface area contributed by atoms with Crippen LogP contribution in [0.2, 0.25) is 0 Å². The van der Waals surface area contributed by atoms with Gasteiger partial charge < -0.3 is 9.84 Å². The van der Waals surface area contributed by atoms with Crippen LogP contribution in [-0.4, -0.2) is 11.1 Å². The Morgan fingerprint density at radius 2 is 2.05 bits per heavy atom. The van der Waals surface area contributed by atoms with E-state index in [1.54, 1.807) is 6.07 Å². The molecule has 21 heavy (non-hydrogen) atoms. The fraction of sp³-hybridized carbons (Fsp3) is 0.118. The van der Waals surface area contributed by atoms with Crippen LogP contribution in [0.3, 0.4) is 0 Å². The molecule has 0 saturated heterocycles. The van der Waals surface area contributed by atoms with E-state index in [2.05, 4.69) is 0 Å². The first-order valence-electron chi connectivity index (χ1n) is 6.44. The topological polar surface area (TPSA) is 46.5 Å². The van der Waals surface area contributed by atoms with E-state index in [0.29, 0.717) is 5.56 Å². The van der Waals surface area contributed by atoms with Gasteiger partial charge in [-0.1, -0.05) is 30.3 Å². The fourth-order valence-electron chi connectivity index (χ4n) is 1.83. The molecule has 0 aliphatic carbocycles. The van der Waals surface area contributed by atoms with Gasteiger partial charge in [0, 0.05) is 6.08 Å². The largest absolute Gasteiger partial charge is 0.486 e. The van der Waals surface area contributed by atoms with Crippen molar-refractivity contribution in [2.45, 2.75) is 13.5 Å². The predicted octanol–water partition coefficient (Wildman–Crippen LogP) is 3.81. The minimum atomic E-state index is -1.07. The van der Waals surface area contributed by atoms with E-state index in [0.717, 1.165) is 17.2 Å². The third kappa shape index (κ3) is 4.18. The number of carboxylic acid groups (broad SMARTS) is 1. The maximum Gasteiger partial charge on any atom is 0.328 e. The number of halogens is 1. The molecule has 0 unspecified atom stereocenters. The Morgan fingerprint density at radius 3 is 2.71 bits per heavy atom. The van der Waals surface area contributed by atoms with E-state index in [9.17, 15) is 9.18 Å². The highest BCUT2D eigenvalue weighted by Crippen LogP contribution is 2.21. The number of aryl methyl sites for hydroxylation is 1. The summed E-state index contributed by atoms with van der Waals surface area (Å²) < 4.78 is 19.3. The van der Waals surface area contributed by atoms with Crippen molar-refractivity contribution < 1.29 is 19.0 Å². The quantitative estimate of drug-likeness (QED) is 0.850. The predicted molar refractivity (Wildman–Crippen MR) is 78.6 cm³/mol. The van der Waals surface area contributed by atoms with Crippen LogP contribution in [0.15, 0.2) is 48.5 Å². The molecule has 0 bridgehead atoms. The lowest BCUT2D eigenvalue weighted by molar-refractivity contribution is -0.131. The first-order chi connectivity index (χ1) is 10.1. The first-order valence-corrected chi connectivity index (χ1v) is 6.44. The summed E-state index contributed by atoms with van der Waals surface area (Å²) in [7, 11) is 0. The van der Waals surface area contributed by atoms with Crippen molar-refractivity contribution in [2.24, 2.45) is 0 Å². The summed E-state index contributed by atoms with van der Waals surface area (Å²) in [6.45, 7) is 2.25. The van der Waals surface area contributed by atoms with Gasteiger partial charge in [0.25, 0.3) is 0 Å². The average molecular weight is 286 g/mol. The highest BCUT2D eigenvalue weighted by Gasteiger charge is 2.05. The van der Waals surface area contributed by atoms with Crippen LogP contribution in [-0.2, 0) is 11.4 Å². The summed E-state index contributed by atoms with van der Waals surface area (Å²) in [6.07, 6.45) is 2.29. The van der Waals surface area contributed by atoms with Crippen LogP contribution in [0, 0.1) is 12.7 Å². The van der Waals surface area contributed by atoms with Gasteiger partial charge in [0.15, 0.2) is 11.6 Å². The number of benzene rings is 2. The van der Waals surface area contributed by atoms with Crippen LogP contribution in [0.5, 0.6) is 5.75 Å². The third-order valence-electron chi connectivity index (χ3n) is 3.02. The standard InChI is InChI=1S/C17H15FO3/c1-12-4-2-3-5-14(12)11-21-16-8-6-13(10-15(16)18)7-9-17(19)20/h2-10H,11H2,1H3,(H,19,20)/b9-7+. The average Bonchev–Trinajstić information content (AvgIpc) is 2.45. The van der Waals surface area contributed by atoms with Crippen molar-refractivity contribution in [2.75, 3.05) is 0 Å². The smallest absolute Gasteiger partial charge is 0.328 e. The number of ether oxygens (including phenoxy) is 1. The molecule has 0 heterocycles. The van der Waals surface area contributed by atoms with Crippen molar-refractivity contribution in [3.8, 4) is 5.75 Å². The molecule has 0 aromatic heterocycles. The van der Waals surface area contributed by atoms with Gasteiger partial charge >= 0.3 is 5.97 Å². The lowest BCUT2D eigenvalue weighted by Gasteiger charge is -2.09. The molecule has 0 aliphatic heterocycles. The van der Waals surface area contributed by atoms with Crippen LogP contribution < -0.4 is 4.74 Å². The number of rotatable bonds is 5. The van der Waals surface area contributed by atoms with E-state index in [-0.39, 0.29) is 12.4 Å². The summed E-state index contributed by atoms with van der Waals surface area (Å²) in [5.74, 6) is -1.45. The highest BCUT2D eigenvalue weighted by atomic mass is 19.1. The monoisotopic (exact) mass is 286 g/mol. The fourth-order valence-corrected chi connectivity index (χ4v) is 1.83. The Morgan fingerprint density at radius 1 is 1.29 bits per heavy atom. The Balaban J connectivity index is 2.08. The van der Waals surface area contributed by atoms with E-state index in [1.165, 1.54) is 18.2 Å². The van der Waals surface area contributed by atoms with Crippen LogP contribution in [0.1, 0.15) is 16.7 Å². The summed E-state index contributed by atoms with van der Waals surface area (Å²) in [4.78, 5) is 10.4. The van der Waals surface area contributed by atoms with Gasteiger partial charge in [0.2, 0.25) is 0 Å². The Labute approximate surface area is 122 Å². The molecule has 0 spiro atoms. The molecule has 2 aromatic rings. The summed E-state index contributed by atoms with van der Waals surface area (Å²) >= 11 is 0. The lowest BCUT2D eigenvalue weighted by Crippen LogP contribution is -1.99. The van der Waals surface area contributed by atoms with Crippen molar-refractivity contribution in [3.05, 3.63) is 71.0 Å². The Bertz CT molecular complexity index is 677. The molecule has 3 nitrogen and oxygen atoms in total. The van der Waals surface area contributed by atoms with Gasteiger partial charge in [0.1, 0.15) is 6.61 Å². The molecule has 0 atom stereocenters. The van der Waals surface area contributed by atoms with Gasteiger partial charge in [-0.3, -0.25) is 0 Å². The zero-order valence-electron chi connectivity index (χ0n) is 11.5. The molecule has 0 amide bonds. The number of aliphatic carboxylic acids is 1. The molecule has 2 aromatic carbocycles. The first kappa shape index (κ1) is 14.8. The Hall–Kier alpha value is -2.62. The number of hydrogen-bond donors (Lipinski definition) is 1. The van der Waals surface area contributed by atoms with E-state index >= 15 is 0 Å². The van der Waals surface area contributed by atoms with Gasteiger partial charge in [-0.05, 0) is 41.8 Å². The molecule has 0 saturated carbocycles. The van der Waals surface area contributed by atoms with Gasteiger partial charge in [-0.2, -0.15) is 0 Å². The molecule has 0 aliphatic rings. The van der Waals surface area contributed by atoms with Gasteiger partial charge in [-0.15, -0.1) is 0 Å². The minimum Gasteiger partial charge on any atom is -0.486 e. The van der Waals surface area contributed by atoms with Crippen molar-refractivity contribution >= 4 is 12.0 Å². The molecule has 108 valence electrons. The summed E-state index contributed by atoms with van der Waals surface area (Å²) in [5.41, 5.74) is 2.55. The maximum atomic E-state index is 13.9. The molecule has 0 radical (unpaired) electrons. The molecular weight excluding hydrogens is 271 g/mol. The molecular formula is C17H15FO3. The van der Waals surface area contributed by atoms with E-state index < -0.39 is 11.8 Å². The second kappa shape index (κ2) is 6.70. The number of carboxylic acids is 1. The SMILES string of the molecule is Cc1ccccc1COc1ccc(/C=C/C(=O)O)cc1F. The van der Waals surface area contributed by atoms with E-state index in [4.69, 9.17) is 9.84 Å². The van der Waals surface area contributed by atoms with Crippen LogP contribution in [0.25, 0.3) is 6.08 Å². The zero-order chi connectivity index (χ0) is 15.2. The van der Waals surface area contributed by atoms with Gasteiger partial charge in [0.05, 0.1) is 0 Å². The molecule has 2 rings (SSSR count). The summed E-state index contributed by atoms with van der Waals surface area (Å²) in [6, 6.07) is 12.1. The number of hydrogen-bond acceptors (Lipinski definition) is 2. The van der Waals surface area contributed by atoms with Crippen molar-refractivity contribution in [1.29, 1.82) is 0 Å². The second-order valence-electron chi connectivity index (χ2n) is 4.58. The number of carbonyl (C=O) groups is 1. The Kier molecular flexibility index (Phi) is 4.72. The van der Waals surface area contributed by atoms with Crippen LogP contribution >= 0.6 is 0 Å².